The highest BCUT2D eigenvalue weighted by Gasteiger charge is 2.02. The van der Waals surface area contributed by atoms with Crippen molar-refractivity contribution >= 4 is 5.91 Å². The molecule has 0 spiro atoms. The van der Waals surface area contributed by atoms with Gasteiger partial charge in [0.15, 0.2) is 0 Å². The highest BCUT2D eigenvalue weighted by Crippen LogP contribution is 1.98. The van der Waals surface area contributed by atoms with Gasteiger partial charge in [0.2, 0.25) is 0 Å². The molecule has 0 radical (unpaired) electrons. The van der Waals surface area contributed by atoms with Crippen LogP contribution in [0.25, 0.3) is 0 Å². The summed E-state index contributed by atoms with van der Waals surface area (Å²) in [4.78, 5) is 20.2. The Balaban J connectivity index is 1.70. The summed E-state index contributed by atoms with van der Waals surface area (Å²) in [6, 6.07) is 9.59. The summed E-state index contributed by atoms with van der Waals surface area (Å²) in [5.41, 5.74) is 3.34. The van der Waals surface area contributed by atoms with E-state index >= 15 is 0 Å². The maximum absolute atomic E-state index is 11.4. The molecular weight excluding hydrogens is 220 g/mol. The highest BCUT2D eigenvalue weighted by molar-refractivity contribution is 5.74. The molecule has 6 nitrogen and oxygen atoms in total. The molecule has 0 aliphatic heterocycles. The molecule has 1 heterocycles. The maximum Gasteiger partial charge on any atom is 0.265 e. The first-order valence-electron chi connectivity index (χ1n) is 5.11. The number of rotatable bonds is 5. The van der Waals surface area contributed by atoms with Crippen molar-refractivity contribution in [1.29, 1.82) is 0 Å². The van der Waals surface area contributed by atoms with Crippen LogP contribution < -0.4 is 5.48 Å². The molecule has 2 rings (SSSR count). The zero-order chi connectivity index (χ0) is 11.9. The standard InChI is InChI=1S/C11H12N4O2/c16-11(6-15-9-12-8-13-15)14-17-7-10-4-2-1-3-5-10/h1-5,8-9H,6-7H2,(H,14,16). The fraction of sp³-hybridized carbons (Fsp3) is 0.182. The molecule has 0 saturated heterocycles. The summed E-state index contributed by atoms with van der Waals surface area (Å²) in [6.07, 6.45) is 2.84. The molecule has 1 N–H and O–H groups in total. The zero-order valence-electron chi connectivity index (χ0n) is 9.11. The predicted molar refractivity (Wildman–Crippen MR) is 59.4 cm³/mol. The van der Waals surface area contributed by atoms with Gasteiger partial charge in [-0.15, -0.1) is 0 Å². The van der Waals surface area contributed by atoms with Crippen LogP contribution in [0.4, 0.5) is 0 Å². The van der Waals surface area contributed by atoms with Crippen molar-refractivity contribution in [2.24, 2.45) is 0 Å². The molecule has 17 heavy (non-hydrogen) atoms. The molecule has 88 valence electrons. The molecule has 0 unspecified atom stereocenters. The number of nitrogens with zero attached hydrogens (tertiary/aromatic N) is 3. The highest BCUT2D eigenvalue weighted by atomic mass is 16.6. The lowest BCUT2D eigenvalue weighted by atomic mass is 10.2. The molecule has 0 bridgehead atoms. The molecule has 1 aromatic heterocycles. The Kier molecular flexibility index (Phi) is 3.82. The largest absolute Gasteiger partial charge is 0.271 e. The van der Waals surface area contributed by atoms with Gasteiger partial charge in [-0.1, -0.05) is 30.3 Å². The van der Waals surface area contributed by atoms with Crippen LogP contribution in [-0.4, -0.2) is 20.7 Å². The fourth-order valence-corrected chi connectivity index (χ4v) is 1.27. The molecule has 1 amide bonds. The van der Waals surface area contributed by atoms with E-state index in [9.17, 15) is 4.79 Å². The Morgan fingerprint density at radius 2 is 2.18 bits per heavy atom. The lowest BCUT2D eigenvalue weighted by Crippen LogP contribution is -2.27. The molecule has 6 heteroatoms. The Morgan fingerprint density at radius 3 is 2.88 bits per heavy atom. The summed E-state index contributed by atoms with van der Waals surface area (Å²) in [5.74, 6) is -0.272. The first-order chi connectivity index (χ1) is 8.34. The Bertz CT molecular complexity index is 456. The molecule has 1 aromatic carbocycles. The number of hydroxylamine groups is 1. The van der Waals surface area contributed by atoms with Gasteiger partial charge in [-0.25, -0.2) is 15.1 Å². The average Bonchev–Trinajstić information content (AvgIpc) is 2.83. The lowest BCUT2D eigenvalue weighted by molar-refractivity contribution is -0.135. The molecule has 0 aliphatic carbocycles. The first-order valence-corrected chi connectivity index (χ1v) is 5.11. The first kappa shape index (κ1) is 11.3. The second kappa shape index (κ2) is 5.76. The van der Waals surface area contributed by atoms with E-state index in [2.05, 4.69) is 15.6 Å². The van der Waals surface area contributed by atoms with Gasteiger partial charge in [0.05, 0.1) is 6.61 Å². The van der Waals surface area contributed by atoms with Gasteiger partial charge < -0.3 is 0 Å². The van der Waals surface area contributed by atoms with Crippen molar-refractivity contribution in [1.82, 2.24) is 20.2 Å². The van der Waals surface area contributed by atoms with Crippen LogP contribution in [-0.2, 0) is 22.8 Å². The van der Waals surface area contributed by atoms with Gasteiger partial charge in [-0.3, -0.25) is 9.63 Å². The van der Waals surface area contributed by atoms with E-state index < -0.39 is 0 Å². The molecule has 0 saturated carbocycles. The average molecular weight is 232 g/mol. The van der Waals surface area contributed by atoms with Gasteiger partial charge in [0, 0.05) is 0 Å². The predicted octanol–water partition coefficient (Wildman–Crippen LogP) is 0.526. The van der Waals surface area contributed by atoms with Crippen molar-refractivity contribution in [3.8, 4) is 0 Å². The molecule has 0 atom stereocenters. The van der Waals surface area contributed by atoms with E-state index in [1.165, 1.54) is 17.3 Å². The SMILES string of the molecule is O=C(Cn1cncn1)NOCc1ccccc1. The number of hydrogen-bond donors (Lipinski definition) is 1. The van der Waals surface area contributed by atoms with Crippen molar-refractivity contribution < 1.29 is 9.63 Å². The third-order valence-corrected chi connectivity index (χ3v) is 2.04. The maximum atomic E-state index is 11.4. The van der Waals surface area contributed by atoms with Crippen molar-refractivity contribution in [2.45, 2.75) is 13.2 Å². The monoisotopic (exact) mass is 232 g/mol. The topological polar surface area (TPSA) is 69.0 Å². The number of amides is 1. The summed E-state index contributed by atoms with van der Waals surface area (Å²) in [7, 11) is 0. The van der Waals surface area contributed by atoms with Gasteiger partial charge in [0.1, 0.15) is 19.2 Å². The quantitative estimate of drug-likeness (QED) is 0.763. The van der Waals surface area contributed by atoms with Crippen LogP contribution >= 0.6 is 0 Å². The molecule has 0 fully saturated rings. The van der Waals surface area contributed by atoms with Crippen molar-refractivity contribution in [3.63, 3.8) is 0 Å². The number of carbonyl (C=O) groups is 1. The van der Waals surface area contributed by atoms with Crippen LogP contribution in [0, 0.1) is 0 Å². The van der Waals surface area contributed by atoms with Crippen LogP contribution in [0.3, 0.4) is 0 Å². The Morgan fingerprint density at radius 1 is 1.35 bits per heavy atom. The second-order valence-electron chi connectivity index (χ2n) is 3.39. The smallest absolute Gasteiger partial charge is 0.265 e. The van der Waals surface area contributed by atoms with Gasteiger partial charge in [-0.2, -0.15) is 5.10 Å². The van der Waals surface area contributed by atoms with Crippen LogP contribution in [0.1, 0.15) is 5.56 Å². The van der Waals surface area contributed by atoms with E-state index in [0.29, 0.717) is 6.61 Å². The molecular formula is C11H12N4O2. The molecule has 2 aromatic rings. The van der Waals surface area contributed by atoms with E-state index in [0.717, 1.165) is 5.56 Å². The zero-order valence-corrected chi connectivity index (χ0v) is 9.11. The minimum absolute atomic E-state index is 0.0921. The van der Waals surface area contributed by atoms with E-state index in [-0.39, 0.29) is 12.5 Å². The van der Waals surface area contributed by atoms with Crippen LogP contribution in [0.15, 0.2) is 43.0 Å². The van der Waals surface area contributed by atoms with Gasteiger partial charge in [0.25, 0.3) is 5.91 Å². The summed E-state index contributed by atoms with van der Waals surface area (Å²) in [6.45, 7) is 0.429. The van der Waals surface area contributed by atoms with Crippen LogP contribution in [0.5, 0.6) is 0 Å². The van der Waals surface area contributed by atoms with Crippen molar-refractivity contribution in [2.75, 3.05) is 0 Å². The minimum Gasteiger partial charge on any atom is -0.271 e. The number of benzene rings is 1. The van der Waals surface area contributed by atoms with Gasteiger partial charge >= 0.3 is 0 Å². The summed E-state index contributed by atoms with van der Waals surface area (Å²) in [5, 5.41) is 3.81. The molecule has 0 aliphatic rings. The van der Waals surface area contributed by atoms with Gasteiger partial charge in [-0.05, 0) is 5.56 Å². The fourth-order valence-electron chi connectivity index (χ4n) is 1.27. The summed E-state index contributed by atoms with van der Waals surface area (Å²) < 4.78 is 1.42. The van der Waals surface area contributed by atoms with Crippen LogP contribution in [0.2, 0.25) is 0 Å². The van der Waals surface area contributed by atoms with E-state index in [4.69, 9.17) is 4.84 Å². The summed E-state index contributed by atoms with van der Waals surface area (Å²) >= 11 is 0. The minimum atomic E-state index is -0.272. The van der Waals surface area contributed by atoms with E-state index in [1.807, 2.05) is 30.3 Å². The number of carbonyl (C=O) groups excluding carboxylic acids is 1. The third kappa shape index (κ3) is 3.69. The number of hydrogen-bond acceptors (Lipinski definition) is 4. The number of nitrogens with one attached hydrogen (secondary N) is 1. The normalized spacial score (nSPS) is 10.1. The Hall–Kier alpha value is -2.21. The van der Waals surface area contributed by atoms with E-state index in [1.54, 1.807) is 0 Å². The second-order valence-corrected chi connectivity index (χ2v) is 3.39. The Labute approximate surface area is 98.2 Å². The third-order valence-electron chi connectivity index (χ3n) is 2.04. The number of aromatic nitrogens is 3. The van der Waals surface area contributed by atoms with Crippen molar-refractivity contribution in [3.05, 3.63) is 48.5 Å². The lowest BCUT2D eigenvalue weighted by Gasteiger charge is -2.05.